The summed E-state index contributed by atoms with van der Waals surface area (Å²) in [6.07, 6.45) is -0.0427. The zero-order valence-corrected chi connectivity index (χ0v) is 11.9. The van der Waals surface area contributed by atoms with Crippen LogP contribution in [0.25, 0.3) is 0 Å². The van der Waals surface area contributed by atoms with Crippen molar-refractivity contribution in [2.24, 2.45) is 0 Å². The van der Waals surface area contributed by atoms with Crippen LogP contribution in [0.4, 0.5) is 4.79 Å². The van der Waals surface area contributed by atoms with Crippen LogP contribution in [-0.4, -0.2) is 37.2 Å². The van der Waals surface area contributed by atoms with E-state index in [2.05, 4.69) is 21.2 Å². The average Bonchev–Trinajstić information content (AvgIpc) is 2.39. The molecule has 2 rings (SSSR count). The summed E-state index contributed by atoms with van der Waals surface area (Å²) in [5, 5.41) is 2.82. The molecule has 0 aliphatic carbocycles. The van der Waals surface area contributed by atoms with E-state index < -0.39 is 0 Å². The molecule has 4 nitrogen and oxygen atoms in total. The number of carbonyl (C=O) groups is 1. The highest BCUT2D eigenvalue weighted by molar-refractivity contribution is 9.10. The zero-order valence-electron chi connectivity index (χ0n) is 10.4. The second kappa shape index (κ2) is 6.20. The molecule has 0 radical (unpaired) electrons. The van der Waals surface area contributed by atoms with E-state index in [4.69, 9.17) is 4.74 Å². The Labute approximate surface area is 115 Å². The predicted molar refractivity (Wildman–Crippen MR) is 73.5 cm³/mol. The lowest BCUT2D eigenvalue weighted by Gasteiger charge is -2.33. The fraction of sp³-hybridized carbons (Fsp3) is 0.462. The molecule has 1 fully saturated rings. The van der Waals surface area contributed by atoms with Crippen LogP contribution in [0.15, 0.2) is 28.7 Å². The van der Waals surface area contributed by atoms with Crippen molar-refractivity contribution >= 4 is 22.0 Å². The van der Waals surface area contributed by atoms with Crippen molar-refractivity contribution in [3.05, 3.63) is 34.3 Å². The van der Waals surface area contributed by atoms with Crippen LogP contribution in [0.3, 0.4) is 0 Å². The first-order chi connectivity index (χ1) is 8.70. The highest BCUT2D eigenvalue weighted by Gasteiger charge is 2.24. The van der Waals surface area contributed by atoms with Gasteiger partial charge in [-0.1, -0.05) is 28.1 Å². The molecule has 98 valence electrons. The van der Waals surface area contributed by atoms with E-state index in [0.717, 1.165) is 10.0 Å². The number of rotatable bonds is 2. The van der Waals surface area contributed by atoms with E-state index >= 15 is 0 Å². The number of benzene rings is 1. The van der Waals surface area contributed by atoms with Crippen molar-refractivity contribution in [1.82, 2.24) is 10.2 Å². The van der Waals surface area contributed by atoms with Gasteiger partial charge < -0.3 is 15.0 Å². The number of hydrogen-bond donors (Lipinski definition) is 1. The highest BCUT2D eigenvalue weighted by Crippen LogP contribution is 2.24. The van der Waals surface area contributed by atoms with E-state index in [1.807, 2.05) is 31.2 Å². The summed E-state index contributed by atoms with van der Waals surface area (Å²) < 4.78 is 6.76. The van der Waals surface area contributed by atoms with Crippen LogP contribution >= 0.6 is 15.9 Å². The minimum Gasteiger partial charge on any atom is -0.370 e. The van der Waals surface area contributed by atoms with Crippen LogP contribution in [0.1, 0.15) is 18.6 Å². The van der Waals surface area contributed by atoms with Crippen LogP contribution in [0.2, 0.25) is 0 Å². The lowest BCUT2D eigenvalue weighted by atomic mass is 10.1. The van der Waals surface area contributed by atoms with E-state index in [-0.39, 0.29) is 12.1 Å². The lowest BCUT2D eigenvalue weighted by molar-refractivity contribution is -0.0153. The average molecular weight is 313 g/mol. The van der Waals surface area contributed by atoms with E-state index in [9.17, 15) is 4.79 Å². The number of carbonyl (C=O) groups excluding carboxylic acids is 1. The number of ether oxygens (including phenoxy) is 1. The minimum absolute atomic E-state index is 0.0132. The molecule has 1 saturated heterocycles. The number of amides is 2. The van der Waals surface area contributed by atoms with Gasteiger partial charge in [0, 0.05) is 17.6 Å². The molecule has 1 heterocycles. The van der Waals surface area contributed by atoms with Gasteiger partial charge in [0.25, 0.3) is 0 Å². The summed E-state index contributed by atoms with van der Waals surface area (Å²) in [7, 11) is 0. The molecule has 1 aliphatic heterocycles. The summed E-state index contributed by atoms with van der Waals surface area (Å²) in [5.41, 5.74) is 1.10. The standard InChI is InChI=1S/C13H17BrN2O2/c1-2-15-13(17)16-6-7-18-12(9-16)10-4-3-5-11(14)8-10/h3-5,8,12H,2,6-7,9H2,1H3,(H,15,17). The maximum Gasteiger partial charge on any atom is 0.317 e. The van der Waals surface area contributed by atoms with Gasteiger partial charge in [-0.05, 0) is 24.6 Å². The van der Waals surface area contributed by atoms with Gasteiger partial charge in [-0.3, -0.25) is 0 Å². The van der Waals surface area contributed by atoms with Crippen LogP contribution in [-0.2, 0) is 4.74 Å². The quantitative estimate of drug-likeness (QED) is 0.912. The van der Waals surface area contributed by atoms with E-state index in [0.29, 0.717) is 26.2 Å². The van der Waals surface area contributed by atoms with Gasteiger partial charge in [-0.2, -0.15) is 0 Å². The van der Waals surface area contributed by atoms with Crippen LogP contribution in [0.5, 0.6) is 0 Å². The van der Waals surface area contributed by atoms with Crippen LogP contribution in [0, 0.1) is 0 Å². The van der Waals surface area contributed by atoms with Crippen molar-refractivity contribution in [2.45, 2.75) is 13.0 Å². The van der Waals surface area contributed by atoms with Crippen molar-refractivity contribution in [1.29, 1.82) is 0 Å². The normalized spacial score (nSPS) is 19.7. The molecule has 1 N–H and O–H groups in total. The first-order valence-electron chi connectivity index (χ1n) is 6.10. The Balaban J connectivity index is 2.04. The first-order valence-corrected chi connectivity index (χ1v) is 6.90. The molecule has 1 atom stereocenters. The van der Waals surface area contributed by atoms with Gasteiger partial charge in [0.05, 0.1) is 13.2 Å². The summed E-state index contributed by atoms with van der Waals surface area (Å²) >= 11 is 3.45. The van der Waals surface area contributed by atoms with Crippen molar-refractivity contribution in [3.63, 3.8) is 0 Å². The smallest absolute Gasteiger partial charge is 0.317 e. The highest BCUT2D eigenvalue weighted by atomic mass is 79.9. The topological polar surface area (TPSA) is 41.6 Å². The summed E-state index contributed by atoms with van der Waals surface area (Å²) in [5.74, 6) is 0. The van der Waals surface area contributed by atoms with Gasteiger partial charge in [0.15, 0.2) is 0 Å². The first kappa shape index (κ1) is 13.4. The number of nitrogens with zero attached hydrogens (tertiary/aromatic N) is 1. The zero-order chi connectivity index (χ0) is 13.0. The molecule has 1 aliphatic rings. The summed E-state index contributed by atoms with van der Waals surface area (Å²) in [4.78, 5) is 13.6. The number of nitrogens with one attached hydrogen (secondary N) is 1. The third-order valence-corrected chi connectivity index (χ3v) is 3.40. The molecule has 1 unspecified atom stereocenters. The Kier molecular flexibility index (Phi) is 4.60. The predicted octanol–water partition coefficient (Wildman–Crippen LogP) is 2.55. The molecule has 18 heavy (non-hydrogen) atoms. The Morgan fingerprint density at radius 1 is 1.61 bits per heavy atom. The molecule has 1 aromatic rings. The Morgan fingerprint density at radius 3 is 3.17 bits per heavy atom. The summed E-state index contributed by atoms with van der Waals surface area (Å²) in [6, 6.07) is 8.00. The van der Waals surface area contributed by atoms with Crippen molar-refractivity contribution in [2.75, 3.05) is 26.2 Å². The third-order valence-electron chi connectivity index (χ3n) is 2.90. The van der Waals surface area contributed by atoms with Gasteiger partial charge in [0.1, 0.15) is 6.10 Å². The van der Waals surface area contributed by atoms with Gasteiger partial charge in [0.2, 0.25) is 0 Å². The van der Waals surface area contributed by atoms with Crippen LogP contribution < -0.4 is 5.32 Å². The minimum atomic E-state index is -0.0427. The molecule has 5 heteroatoms. The molecule has 0 spiro atoms. The number of hydrogen-bond acceptors (Lipinski definition) is 2. The molecular formula is C13H17BrN2O2. The van der Waals surface area contributed by atoms with Gasteiger partial charge in [-0.25, -0.2) is 4.79 Å². The maximum absolute atomic E-state index is 11.8. The van der Waals surface area contributed by atoms with Gasteiger partial charge >= 0.3 is 6.03 Å². The SMILES string of the molecule is CCNC(=O)N1CCOC(c2cccc(Br)c2)C1. The maximum atomic E-state index is 11.8. The monoisotopic (exact) mass is 312 g/mol. The fourth-order valence-corrected chi connectivity index (χ4v) is 2.42. The van der Waals surface area contributed by atoms with E-state index in [1.54, 1.807) is 4.90 Å². The second-order valence-corrected chi connectivity index (χ2v) is 5.11. The number of urea groups is 1. The molecule has 0 saturated carbocycles. The largest absolute Gasteiger partial charge is 0.370 e. The lowest BCUT2D eigenvalue weighted by Crippen LogP contribution is -2.47. The Morgan fingerprint density at radius 2 is 2.44 bits per heavy atom. The van der Waals surface area contributed by atoms with Crippen molar-refractivity contribution in [3.8, 4) is 0 Å². The molecule has 0 aromatic heterocycles. The summed E-state index contributed by atoms with van der Waals surface area (Å²) in [6.45, 7) is 4.40. The Hall–Kier alpha value is -1.07. The van der Waals surface area contributed by atoms with E-state index in [1.165, 1.54) is 0 Å². The van der Waals surface area contributed by atoms with Crippen molar-refractivity contribution < 1.29 is 9.53 Å². The molecular weight excluding hydrogens is 296 g/mol. The third kappa shape index (κ3) is 3.23. The molecule has 2 amide bonds. The van der Waals surface area contributed by atoms with Gasteiger partial charge in [-0.15, -0.1) is 0 Å². The molecule has 1 aromatic carbocycles. The second-order valence-electron chi connectivity index (χ2n) is 4.20. The number of morpholine rings is 1. The molecule has 0 bridgehead atoms. The number of halogens is 1. The fourth-order valence-electron chi connectivity index (χ4n) is 2.01. The Bertz CT molecular complexity index is 425.